The lowest BCUT2D eigenvalue weighted by molar-refractivity contribution is -0.117. The molecule has 0 spiro atoms. The standard InChI is InChI=1S/C9H16N4O2S/c1-4-6(7(10)14)16-9-12-11-8(15)13(9)5(2)3/h5-6H,4H2,1-3H3,(H2,10,14)(H,11,15). The fourth-order valence-electron chi connectivity index (χ4n) is 1.30. The molecule has 0 aliphatic heterocycles. The van der Waals surface area contributed by atoms with Crippen molar-refractivity contribution >= 4 is 17.7 Å². The normalized spacial score (nSPS) is 13.0. The largest absolute Gasteiger partial charge is 0.369 e. The van der Waals surface area contributed by atoms with Gasteiger partial charge in [-0.2, -0.15) is 0 Å². The molecular formula is C9H16N4O2S. The molecule has 0 aliphatic rings. The van der Waals surface area contributed by atoms with Crippen LogP contribution in [0.15, 0.2) is 9.95 Å². The van der Waals surface area contributed by atoms with Crippen LogP contribution >= 0.6 is 11.8 Å². The average molecular weight is 244 g/mol. The smallest absolute Gasteiger partial charge is 0.344 e. The van der Waals surface area contributed by atoms with Gasteiger partial charge in [0.15, 0.2) is 5.16 Å². The number of hydrogen-bond donors (Lipinski definition) is 2. The number of nitrogens with one attached hydrogen (secondary N) is 1. The molecular weight excluding hydrogens is 228 g/mol. The summed E-state index contributed by atoms with van der Waals surface area (Å²) in [6, 6.07) is -0.000803. The lowest BCUT2D eigenvalue weighted by atomic mass is 10.3. The first-order chi connectivity index (χ1) is 7.47. The third kappa shape index (κ3) is 2.66. The molecule has 1 atom stereocenters. The lowest BCUT2D eigenvalue weighted by Gasteiger charge is -2.12. The minimum Gasteiger partial charge on any atom is -0.369 e. The Hall–Kier alpha value is -1.24. The maximum absolute atomic E-state index is 11.4. The first kappa shape index (κ1) is 12.8. The fraction of sp³-hybridized carbons (Fsp3) is 0.667. The molecule has 1 unspecified atom stereocenters. The number of rotatable bonds is 5. The van der Waals surface area contributed by atoms with E-state index in [0.717, 1.165) is 0 Å². The zero-order valence-electron chi connectivity index (χ0n) is 9.56. The van der Waals surface area contributed by atoms with Gasteiger partial charge in [0, 0.05) is 6.04 Å². The molecule has 1 aromatic heterocycles. The van der Waals surface area contributed by atoms with E-state index >= 15 is 0 Å². The van der Waals surface area contributed by atoms with Gasteiger partial charge in [0.25, 0.3) is 0 Å². The van der Waals surface area contributed by atoms with Gasteiger partial charge in [-0.15, -0.1) is 5.10 Å². The van der Waals surface area contributed by atoms with E-state index in [1.54, 1.807) is 0 Å². The molecule has 6 nitrogen and oxygen atoms in total. The van der Waals surface area contributed by atoms with Gasteiger partial charge in [0.2, 0.25) is 5.91 Å². The molecule has 3 N–H and O–H groups in total. The number of amides is 1. The predicted octanol–water partition coefficient (Wildman–Crippen LogP) is 0.508. The summed E-state index contributed by atoms with van der Waals surface area (Å²) >= 11 is 1.22. The number of aromatic nitrogens is 3. The highest BCUT2D eigenvalue weighted by molar-refractivity contribution is 8.00. The first-order valence-electron chi connectivity index (χ1n) is 5.10. The minimum absolute atomic E-state index is 0.000803. The number of carbonyl (C=O) groups excluding carboxylic acids is 1. The van der Waals surface area contributed by atoms with E-state index in [1.807, 2.05) is 20.8 Å². The van der Waals surface area contributed by atoms with Crippen LogP contribution in [0.25, 0.3) is 0 Å². The molecule has 1 rings (SSSR count). The van der Waals surface area contributed by atoms with Crippen LogP contribution in [0, 0.1) is 0 Å². The summed E-state index contributed by atoms with van der Waals surface area (Å²) in [5, 5.41) is 6.41. The van der Waals surface area contributed by atoms with E-state index < -0.39 is 5.91 Å². The van der Waals surface area contributed by atoms with Crippen molar-refractivity contribution in [1.82, 2.24) is 14.8 Å². The predicted molar refractivity (Wildman–Crippen MR) is 62.4 cm³/mol. The monoisotopic (exact) mass is 244 g/mol. The molecule has 1 amide bonds. The van der Waals surface area contributed by atoms with Crippen molar-refractivity contribution in [1.29, 1.82) is 0 Å². The molecule has 0 aliphatic carbocycles. The number of thioether (sulfide) groups is 1. The zero-order valence-corrected chi connectivity index (χ0v) is 10.4. The quantitative estimate of drug-likeness (QED) is 0.738. The Balaban J connectivity index is 2.97. The van der Waals surface area contributed by atoms with E-state index in [-0.39, 0.29) is 17.0 Å². The Labute approximate surface area is 97.6 Å². The van der Waals surface area contributed by atoms with Crippen LogP contribution in [0.3, 0.4) is 0 Å². The van der Waals surface area contributed by atoms with E-state index in [4.69, 9.17) is 5.73 Å². The SMILES string of the molecule is CCC(Sc1n[nH]c(=O)n1C(C)C)C(N)=O. The molecule has 1 heterocycles. The van der Waals surface area contributed by atoms with Gasteiger partial charge in [-0.3, -0.25) is 9.36 Å². The topological polar surface area (TPSA) is 93.8 Å². The lowest BCUT2D eigenvalue weighted by Crippen LogP contribution is -2.26. The number of primary amides is 1. The van der Waals surface area contributed by atoms with Gasteiger partial charge < -0.3 is 5.73 Å². The number of carbonyl (C=O) groups is 1. The average Bonchev–Trinajstić information content (AvgIpc) is 2.55. The van der Waals surface area contributed by atoms with E-state index in [2.05, 4.69) is 10.2 Å². The Kier molecular flexibility index (Phi) is 4.17. The number of nitrogens with zero attached hydrogens (tertiary/aromatic N) is 2. The van der Waals surface area contributed by atoms with Crippen LogP contribution in [-0.2, 0) is 4.79 Å². The highest BCUT2D eigenvalue weighted by atomic mass is 32.2. The van der Waals surface area contributed by atoms with Crippen molar-refractivity contribution in [2.24, 2.45) is 5.73 Å². The van der Waals surface area contributed by atoms with E-state index in [1.165, 1.54) is 16.3 Å². The minimum atomic E-state index is -0.391. The Morgan fingerprint density at radius 3 is 2.69 bits per heavy atom. The summed E-state index contributed by atoms with van der Waals surface area (Å²) in [7, 11) is 0. The molecule has 0 bridgehead atoms. The van der Waals surface area contributed by atoms with E-state index in [0.29, 0.717) is 11.6 Å². The molecule has 0 fully saturated rings. The van der Waals surface area contributed by atoms with Crippen LogP contribution in [0.5, 0.6) is 0 Å². The molecule has 16 heavy (non-hydrogen) atoms. The molecule has 1 aromatic rings. The first-order valence-corrected chi connectivity index (χ1v) is 5.98. The van der Waals surface area contributed by atoms with Gasteiger partial charge >= 0.3 is 5.69 Å². The highest BCUT2D eigenvalue weighted by Crippen LogP contribution is 2.23. The van der Waals surface area contributed by atoms with Crippen LogP contribution in [0.1, 0.15) is 33.2 Å². The van der Waals surface area contributed by atoms with Crippen LogP contribution in [-0.4, -0.2) is 25.9 Å². The van der Waals surface area contributed by atoms with Crippen molar-refractivity contribution in [3.63, 3.8) is 0 Å². The summed E-state index contributed by atoms with van der Waals surface area (Å²) in [6.45, 7) is 5.63. The summed E-state index contributed by atoms with van der Waals surface area (Å²) in [5.41, 5.74) is 4.98. The molecule has 0 radical (unpaired) electrons. The van der Waals surface area contributed by atoms with Gasteiger partial charge in [0.1, 0.15) is 0 Å². The van der Waals surface area contributed by atoms with Crippen LogP contribution in [0.2, 0.25) is 0 Å². The number of H-pyrrole nitrogens is 1. The third-order valence-corrected chi connectivity index (χ3v) is 3.47. The van der Waals surface area contributed by atoms with Gasteiger partial charge in [0.05, 0.1) is 5.25 Å². The van der Waals surface area contributed by atoms with Crippen LogP contribution < -0.4 is 11.4 Å². The second kappa shape index (κ2) is 5.20. The fourth-order valence-corrected chi connectivity index (χ4v) is 2.34. The van der Waals surface area contributed by atoms with Gasteiger partial charge in [-0.1, -0.05) is 18.7 Å². The molecule has 90 valence electrons. The Morgan fingerprint density at radius 1 is 1.62 bits per heavy atom. The summed E-state index contributed by atoms with van der Waals surface area (Å²) < 4.78 is 1.51. The van der Waals surface area contributed by atoms with Crippen molar-refractivity contribution in [3.05, 3.63) is 10.5 Å². The summed E-state index contributed by atoms with van der Waals surface area (Å²) in [4.78, 5) is 22.5. The Bertz CT molecular complexity index is 423. The molecule has 0 aromatic carbocycles. The van der Waals surface area contributed by atoms with Crippen molar-refractivity contribution < 1.29 is 4.79 Å². The van der Waals surface area contributed by atoms with Crippen LogP contribution in [0.4, 0.5) is 0 Å². The maximum Gasteiger partial charge on any atom is 0.344 e. The maximum atomic E-state index is 11.4. The summed E-state index contributed by atoms with van der Waals surface area (Å²) in [5.74, 6) is -0.391. The molecule has 7 heteroatoms. The number of hydrogen-bond acceptors (Lipinski definition) is 4. The third-order valence-electron chi connectivity index (χ3n) is 2.12. The van der Waals surface area contributed by atoms with Gasteiger partial charge in [-0.05, 0) is 20.3 Å². The second-order valence-electron chi connectivity index (χ2n) is 3.69. The number of aromatic amines is 1. The molecule has 0 saturated carbocycles. The van der Waals surface area contributed by atoms with Crippen molar-refractivity contribution in [2.75, 3.05) is 0 Å². The zero-order chi connectivity index (χ0) is 12.3. The van der Waals surface area contributed by atoms with Crippen molar-refractivity contribution in [2.45, 2.75) is 43.6 Å². The van der Waals surface area contributed by atoms with E-state index in [9.17, 15) is 9.59 Å². The number of nitrogens with two attached hydrogens (primary N) is 1. The summed E-state index contributed by atoms with van der Waals surface area (Å²) in [6.07, 6.45) is 0.610. The highest BCUT2D eigenvalue weighted by Gasteiger charge is 2.20. The van der Waals surface area contributed by atoms with Gasteiger partial charge in [-0.25, -0.2) is 9.89 Å². The molecule has 0 saturated heterocycles. The second-order valence-corrected chi connectivity index (χ2v) is 4.86. The van der Waals surface area contributed by atoms with Crippen molar-refractivity contribution in [3.8, 4) is 0 Å². The Morgan fingerprint density at radius 2 is 2.25 bits per heavy atom.